The first-order valence-corrected chi connectivity index (χ1v) is 6.59. The highest BCUT2D eigenvalue weighted by atomic mass is 19.1. The predicted octanol–water partition coefficient (Wildman–Crippen LogP) is 1.78. The van der Waals surface area contributed by atoms with Crippen molar-refractivity contribution in [1.82, 2.24) is 9.88 Å². The molecule has 2 aromatic rings. The van der Waals surface area contributed by atoms with Gasteiger partial charge in [0.15, 0.2) is 0 Å². The largest absolute Gasteiger partial charge is 0.394 e. The summed E-state index contributed by atoms with van der Waals surface area (Å²) in [5.74, 6) is -0.270. The zero-order valence-corrected chi connectivity index (χ0v) is 10.9. The van der Waals surface area contributed by atoms with Crippen molar-refractivity contribution in [3.8, 4) is 0 Å². The summed E-state index contributed by atoms with van der Waals surface area (Å²) >= 11 is 0. The van der Waals surface area contributed by atoms with Crippen LogP contribution in [0.4, 0.5) is 4.39 Å². The van der Waals surface area contributed by atoms with Gasteiger partial charge in [0.2, 0.25) is 0 Å². The minimum atomic E-state index is -1.07. The Balaban J connectivity index is 2.00. The Morgan fingerprint density at radius 1 is 1.40 bits per heavy atom. The van der Waals surface area contributed by atoms with Gasteiger partial charge in [0.25, 0.3) is 5.91 Å². The molecule has 5 heteroatoms. The molecule has 0 bridgehead atoms. The Hall–Kier alpha value is -2.01. The SMILES string of the molecule is O=C(c1cncc2ccccc12)N1C[C@@H](F)C[C@H]1CO. The van der Waals surface area contributed by atoms with Gasteiger partial charge in [0, 0.05) is 24.2 Å². The number of alkyl halides is 1. The zero-order chi connectivity index (χ0) is 14.1. The van der Waals surface area contributed by atoms with Crippen LogP contribution in [0.5, 0.6) is 0 Å². The Bertz CT molecular complexity index is 641. The number of hydrogen-bond donors (Lipinski definition) is 1. The number of rotatable bonds is 2. The van der Waals surface area contributed by atoms with Gasteiger partial charge >= 0.3 is 0 Å². The highest BCUT2D eigenvalue weighted by Gasteiger charge is 2.35. The lowest BCUT2D eigenvalue weighted by Gasteiger charge is -2.23. The molecule has 1 aromatic carbocycles. The fourth-order valence-corrected chi connectivity index (χ4v) is 2.72. The number of aliphatic hydroxyl groups is 1. The second-order valence-corrected chi connectivity index (χ2v) is 5.04. The fourth-order valence-electron chi connectivity index (χ4n) is 2.72. The van der Waals surface area contributed by atoms with E-state index in [1.165, 1.54) is 11.1 Å². The van der Waals surface area contributed by atoms with E-state index in [0.717, 1.165) is 10.8 Å². The Labute approximate surface area is 115 Å². The fraction of sp³-hybridized carbons (Fsp3) is 0.333. The lowest BCUT2D eigenvalue weighted by Crippen LogP contribution is -2.38. The van der Waals surface area contributed by atoms with Gasteiger partial charge in [-0.15, -0.1) is 0 Å². The molecule has 104 valence electrons. The lowest BCUT2D eigenvalue weighted by atomic mass is 10.1. The standard InChI is InChI=1S/C15H15FN2O2/c16-11-5-12(9-19)18(8-11)15(20)14-7-17-6-10-3-1-2-4-13(10)14/h1-4,6-7,11-12,19H,5,8-9H2/t11-,12-/m0/s1. The van der Waals surface area contributed by atoms with Crippen LogP contribution in [0.25, 0.3) is 10.8 Å². The Kier molecular flexibility index (Phi) is 3.36. The van der Waals surface area contributed by atoms with E-state index < -0.39 is 12.2 Å². The molecular weight excluding hydrogens is 259 g/mol. The average Bonchev–Trinajstić information content (AvgIpc) is 2.87. The van der Waals surface area contributed by atoms with Gasteiger partial charge in [-0.25, -0.2) is 4.39 Å². The molecule has 4 nitrogen and oxygen atoms in total. The highest BCUT2D eigenvalue weighted by molar-refractivity contribution is 6.06. The van der Waals surface area contributed by atoms with Crippen LogP contribution >= 0.6 is 0 Å². The van der Waals surface area contributed by atoms with Crippen molar-refractivity contribution in [3.05, 3.63) is 42.2 Å². The molecule has 0 radical (unpaired) electrons. The van der Waals surface area contributed by atoms with Gasteiger partial charge < -0.3 is 10.0 Å². The molecule has 2 atom stereocenters. The summed E-state index contributed by atoms with van der Waals surface area (Å²) in [5.41, 5.74) is 0.454. The Morgan fingerprint density at radius 3 is 3.00 bits per heavy atom. The highest BCUT2D eigenvalue weighted by Crippen LogP contribution is 2.25. The topological polar surface area (TPSA) is 53.4 Å². The number of halogens is 1. The number of benzene rings is 1. The number of amides is 1. The number of aromatic nitrogens is 1. The van der Waals surface area contributed by atoms with E-state index in [1.807, 2.05) is 24.3 Å². The molecule has 3 rings (SSSR count). The lowest BCUT2D eigenvalue weighted by molar-refractivity contribution is 0.0674. The third kappa shape index (κ3) is 2.14. The second kappa shape index (κ2) is 5.17. The number of aliphatic hydroxyl groups excluding tert-OH is 1. The van der Waals surface area contributed by atoms with E-state index in [2.05, 4.69) is 4.98 Å². The van der Waals surface area contributed by atoms with E-state index in [4.69, 9.17) is 0 Å². The molecule has 1 amide bonds. The monoisotopic (exact) mass is 274 g/mol. The molecule has 0 aliphatic carbocycles. The molecule has 1 fully saturated rings. The molecule has 0 spiro atoms. The summed E-state index contributed by atoms with van der Waals surface area (Å²) in [6, 6.07) is 7.01. The summed E-state index contributed by atoms with van der Waals surface area (Å²) in [4.78, 5) is 18.1. The summed E-state index contributed by atoms with van der Waals surface area (Å²) in [7, 11) is 0. The molecule has 0 saturated carbocycles. The van der Waals surface area contributed by atoms with Crippen LogP contribution in [0, 0.1) is 0 Å². The first-order valence-electron chi connectivity index (χ1n) is 6.59. The van der Waals surface area contributed by atoms with E-state index in [0.29, 0.717) is 5.56 Å². The molecule has 1 saturated heterocycles. The minimum Gasteiger partial charge on any atom is -0.394 e. The van der Waals surface area contributed by atoms with Crippen LogP contribution in [-0.4, -0.2) is 46.3 Å². The average molecular weight is 274 g/mol. The number of fused-ring (bicyclic) bond motifs is 1. The van der Waals surface area contributed by atoms with Crippen LogP contribution < -0.4 is 0 Å². The van der Waals surface area contributed by atoms with Crippen LogP contribution in [0.2, 0.25) is 0 Å². The maximum Gasteiger partial charge on any atom is 0.256 e. The molecule has 20 heavy (non-hydrogen) atoms. The number of hydrogen-bond acceptors (Lipinski definition) is 3. The van der Waals surface area contributed by atoms with Crippen molar-refractivity contribution < 1.29 is 14.3 Å². The molecule has 1 N–H and O–H groups in total. The zero-order valence-electron chi connectivity index (χ0n) is 10.9. The first kappa shape index (κ1) is 13.0. The van der Waals surface area contributed by atoms with Gasteiger partial charge in [-0.2, -0.15) is 0 Å². The second-order valence-electron chi connectivity index (χ2n) is 5.04. The first-order chi connectivity index (χ1) is 9.70. The van der Waals surface area contributed by atoms with E-state index >= 15 is 0 Å². The molecular formula is C15H15FN2O2. The maximum absolute atomic E-state index is 13.5. The molecule has 1 aliphatic rings. The van der Waals surface area contributed by atoms with Gasteiger partial charge in [0.1, 0.15) is 6.17 Å². The van der Waals surface area contributed by atoms with Crippen molar-refractivity contribution in [2.45, 2.75) is 18.6 Å². The van der Waals surface area contributed by atoms with E-state index in [-0.39, 0.29) is 25.5 Å². The number of likely N-dealkylation sites (tertiary alicyclic amines) is 1. The maximum atomic E-state index is 13.5. The Morgan fingerprint density at radius 2 is 2.20 bits per heavy atom. The van der Waals surface area contributed by atoms with Crippen LogP contribution in [0.15, 0.2) is 36.7 Å². The van der Waals surface area contributed by atoms with Crippen LogP contribution in [0.3, 0.4) is 0 Å². The normalized spacial score (nSPS) is 22.4. The third-order valence-corrected chi connectivity index (χ3v) is 3.73. The summed E-state index contributed by atoms with van der Waals surface area (Å²) in [6.45, 7) is -0.183. The van der Waals surface area contributed by atoms with E-state index in [1.54, 1.807) is 6.20 Å². The van der Waals surface area contributed by atoms with Crippen molar-refractivity contribution >= 4 is 16.7 Å². The van der Waals surface area contributed by atoms with Gasteiger partial charge in [0.05, 0.1) is 24.8 Å². The molecule has 0 unspecified atom stereocenters. The van der Waals surface area contributed by atoms with Crippen molar-refractivity contribution in [2.75, 3.05) is 13.2 Å². The molecule has 2 heterocycles. The van der Waals surface area contributed by atoms with Crippen LogP contribution in [-0.2, 0) is 0 Å². The van der Waals surface area contributed by atoms with Crippen molar-refractivity contribution in [1.29, 1.82) is 0 Å². The van der Waals surface area contributed by atoms with Gasteiger partial charge in [-0.3, -0.25) is 9.78 Å². The van der Waals surface area contributed by atoms with Crippen LogP contribution in [0.1, 0.15) is 16.8 Å². The number of pyridine rings is 1. The number of carbonyl (C=O) groups is 1. The van der Waals surface area contributed by atoms with Crippen molar-refractivity contribution in [2.24, 2.45) is 0 Å². The smallest absolute Gasteiger partial charge is 0.256 e. The summed E-state index contributed by atoms with van der Waals surface area (Å²) in [5, 5.41) is 11.0. The quantitative estimate of drug-likeness (QED) is 0.908. The predicted molar refractivity (Wildman–Crippen MR) is 73.2 cm³/mol. The van der Waals surface area contributed by atoms with Gasteiger partial charge in [-0.05, 0) is 5.39 Å². The van der Waals surface area contributed by atoms with E-state index in [9.17, 15) is 14.3 Å². The molecule has 1 aliphatic heterocycles. The summed E-state index contributed by atoms with van der Waals surface area (Å²) in [6.07, 6.45) is 2.32. The summed E-state index contributed by atoms with van der Waals surface area (Å²) < 4.78 is 13.5. The van der Waals surface area contributed by atoms with Crippen molar-refractivity contribution in [3.63, 3.8) is 0 Å². The minimum absolute atomic E-state index is 0.0350. The molecule has 1 aromatic heterocycles. The van der Waals surface area contributed by atoms with Gasteiger partial charge in [-0.1, -0.05) is 24.3 Å². The third-order valence-electron chi connectivity index (χ3n) is 3.73. The number of nitrogens with zero attached hydrogens (tertiary/aromatic N) is 2. The number of carbonyl (C=O) groups excluding carboxylic acids is 1.